The summed E-state index contributed by atoms with van der Waals surface area (Å²) >= 11 is 0. The molecule has 1 unspecified atom stereocenters. The Hall–Kier alpha value is -1.30. The zero-order chi connectivity index (χ0) is 12.8. The van der Waals surface area contributed by atoms with E-state index in [1.165, 1.54) is 0 Å². The maximum atomic E-state index is 11.9. The highest BCUT2D eigenvalue weighted by Crippen LogP contribution is 2.16. The standard InChI is InChI=1S/C11H20N2O4/c1-8-5-3-2-4-6-13(8)11(17)12-9(7-14)10(15)16/h8-9,14H,2-7H2,1H3,(H,12,17)(H,15,16)/t8?,9-/m1/s1. The number of hydrogen-bond acceptors (Lipinski definition) is 3. The van der Waals surface area contributed by atoms with Crippen LogP contribution in [0.25, 0.3) is 0 Å². The molecule has 1 aliphatic heterocycles. The Morgan fingerprint density at radius 2 is 2.12 bits per heavy atom. The molecule has 6 nitrogen and oxygen atoms in total. The van der Waals surface area contributed by atoms with Crippen LogP contribution in [0.3, 0.4) is 0 Å². The first-order chi connectivity index (χ1) is 8.06. The second-order valence-electron chi connectivity index (χ2n) is 4.41. The lowest BCUT2D eigenvalue weighted by molar-refractivity contribution is -0.140. The first-order valence-corrected chi connectivity index (χ1v) is 5.97. The van der Waals surface area contributed by atoms with Crippen molar-refractivity contribution in [2.45, 2.75) is 44.7 Å². The molecule has 0 bridgehead atoms. The zero-order valence-corrected chi connectivity index (χ0v) is 10.1. The van der Waals surface area contributed by atoms with Crippen molar-refractivity contribution in [1.82, 2.24) is 10.2 Å². The molecule has 0 spiro atoms. The molecular formula is C11H20N2O4. The molecule has 98 valence electrons. The van der Waals surface area contributed by atoms with Crippen molar-refractivity contribution in [2.24, 2.45) is 0 Å². The molecule has 17 heavy (non-hydrogen) atoms. The maximum absolute atomic E-state index is 11.9. The molecule has 3 N–H and O–H groups in total. The van der Waals surface area contributed by atoms with Crippen molar-refractivity contribution in [3.63, 3.8) is 0 Å². The topological polar surface area (TPSA) is 89.9 Å². The number of aliphatic hydroxyl groups is 1. The minimum absolute atomic E-state index is 0.116. The van der Waals surface area contributed by atoms with Crippen molar-refractivity contribution in [3.05, 3.63) is 0 Å². The van der Waals surface area contributed by atoms with Crippen LogP contribution < -0.4 is 5.32 Å². The number of aliphatic hydroxyl groups excluding tert-OH is 1. The number of carbonyl (C=O) groups is 2. The predicted molar refractivity (Wildman–Crippen MR) is 61.7 cm³/mol. The van der Waals surface area contributed by atoms with E-state index < -0.39 is 24.6 Å². The number of amides is 2. The fraction of sp³-hybridized carbons (Fsp3) is 0.818. The highest BCUT2D eigenvalue weighted by molar-refractivity contribution is 5.82. The SMILES string of the molecule is CC1CCCCCN1C(=O)N[C@H](CO)C(=O)O. The Kier molecular flexibility index (Phi) is 5.21. The van der Waals surface area contributed by atoms with Crippen LogP contribution in [-0.2, 0) is 4.79 Å². The summed E-state index contributed by atoms with van der Waals surface area (Å²) in [5.41, 5.74) is 0. The summed E-state index contributed by atoms with van der Waals surface area (Å²) in [7, 11) is 0. The molecule has 1 saturated heterocycles. The first kappa shape index (κ1) is 13.8. The predicted octanol–water partition coefficient (Wildman–Crippen LogP) is 0.406. The molecule has 0 saturated carbocycles. The van der Waals surface area contributed by atoms with Crippen molar-refractivity contribution >= 4 is 12.0 Å². The van der Waals surface area contributed by atoms with E-state index in [9.17, 15) is 9.59 Å². The molecular weight excluding hydrogens is 224 g/mol. The average molecular weight is 244 g/mol. The number of rotatable bonds is 3. The molecule has 0 aromatic heterocycles. The molecule has 0 aromatic rings. The van der Waals surface area contributed by atoms with Crippen molar-refractivity contribution in [2.75, 3.05) is 13.2 Å². The average Bonchev–Trinajstić information content (AvgIpc) is 2.50. The monoisotopic (exact) mass is 244 g/mol. The normalized spacial score (nSPS) is 22.7. The van der Waals surface area contributed by atoms with Gasteiger partial charge in [0.15, 0.2) is 6.04 Å². The van der Waals surface area contributed by atoms with E-state index in [-0.39, 0.29) is 6.04 Å². The molecule has 2 atom stereocenters. The summed E-state index contributed by atoms with van der Waals surface area (Å²) < 4.78 is 0. The summed E-state index contributed by atoms with van der Waals surface area (Å²) in [6, 6.07) is -1.51. The lowest BCUT2D eigenvalue weighted by Gasteiger charge is -2.28. The Bertz CT molecular complexity index is 283. The van der Waals surface area contributed by atoms with Gasteiger partial charge >= 0.3 is 12.0 Å². The van der Waals surface area contributed by atoms with Crippen LogP contribution >= 0.6 is 0 Å². The van der Waals surface area contributed by atoms with E-state index in [2.05, 4.69) is 5.32 Å². The fourth-order valence-electron chi connectivity index (χ4n) is 1.99. The summed E-state index contributed by atoms with van der Waals surface area (Å²) in [4.78, 5) is 24.2. The smallest absolute Gasteiger partial charge is 0.328 e. The number of nitrogens with one attached hydrogen (secondary N) is 1. The Balaban J connectivity index is 2.58. The first-order valence-electron chi connectivity index (χ1n) is 5.97. The van der Waals surface area contributed by atoms with E-state index in [1.807, 2.05) is 6.92 Å². The highest BCUT2D eigenvalue weighted by atomic mass is 16.4. The van der Waals surface area contributed by atoms with E-state index in [0.717, 1.165) is 25.7 Å². The Morgan fingerprint density at radius 3 is 2.71 bits per heavy atom. The third kappa shape index (κ3) is 3.89. The number of carbonyl (C=O) groups excluding carboxylic acids is 1. The van der Waals surface area contributed by atoms with Gasteiger partial charge in [-0.15, -0.1) is 0 Å². The minimum atomic E-state index is -1.22. The van der Waals surface area contributed by atoms with E-state index in [4.69, 9.17) is 10.2 Å². The lowest BCUT2D eigenvalue weighted by Crippen LogP contribution is -2.51. The van der Waals surface area contributed by atoms with Gasteiger partial charge in [-0.3, -0.25) is 0 Å². The van der Waals surface area contributed by atoms with E-state index in [1.54, 1.807) is 4.90 Å². The number of hydrogen-bond donors (Lipinski definition) is 3. The van der Waals surface area contributed by atoms with Crippen molar-refractivity contribution in [1.29, 1.82) is 0 Å². The summed E-state index contributed by atoms with van der Waals surface area (Å²) in [5, 5.41) is 19.9. The largest absolute Gasteiger partial charge is 0.480 e. The third-order valence-electron chi connectivity index (χ3n) is 3.09. The quantitative estimate of drug-likeness (QED) is 0.670. The number of carboxylic acids is 1. The Labute approximate surface area is 101 Å². The van der Waals surface area contributed by atoms with Gasteiger partial charge in [-0.2, -0.15) is 0 Å². The lowest BCUT2D eigenvalue weighted by atomic mass is 10.1. The molecule has 2 amide bonds. The number of carboxylic acid groups (broad SMARTS) is 1. The zero-order valence-electron chi connectivity index (χ0n) is 10.1. The maximum Gasteiger partial charge on any atom is 0.328 e. The Morgan fingerprint density at radius 1 is 1.41 bits per heavy atom. The van der Waals surface area contributed by atoms with Crippen LogP contribution in [0.15, 0.2) is 0 Å². The molecule has 6 heteroatoms. The third-order valence-corrected chi connectivity index (χ3v) is 3.09. The van der Waals surface area contributed by atoms with E-state index in [0.29, 0.717) is 6.54 Å². The molecule has 1 aliphatic rings. The van der Waals surface area contributed by atoms with Crippen LogP contribution in [0.2, 0.25) is 0 Å². The fourth-order valence-corrected chi connectivity index (χ4v) is 1.99. The minimum Gasteiger partial charge on any atom is -0.480 e. The molecule has 0 aromatic carbocycles. The van der Waals surface area contributed by atoms with Gasteiger partial charge in [0.05, 0.1) is 6.61 Å². The van der Waals surface area contributed by atoms with Gasteiger partial charge in [0.25, 0.3) is 0 Å². The summed E-state index contributed by atoms with van der Waals surface area (Å²) in [6.45, 7) is 2.01. The van der Waals surface area contributed by atoms with Crippen molar-refractivity contribution < 1.29 is 19.8 Å². The summed E-state index contributed by atoms with van der Waals surface area (Å²) in [5.74, 6) is -1.22. The molecule has 0 radical (unpaired) electrons. The number of nitrogens with zero attached hydrogens (tertiary/aromatic N) is 1. The highest BCUT2D eigenvalue weighted by Gasteiger charge is 2.26. The van der Waals surface area contributed by atoms with Gasteiger partial charge in [0.2, 0.25) is 0 Å². The van der Waals surface area contributed by atoms with Gasteiger partial charge in [-0.05, 0) is 19.8 Å². The van der Waals surface area contributed by atoms with Crippen LogP contribution in [0.1, 0.15) is 32.6 Å². The molecule has 1 heterocycles. The van der Waals surface area contributed by atoms with Crippen LogP contribution in [0.5, 0.6) is 0 Å². The van der Waals surface area contributed by atoms with Crippen LogP contribution in [-0.4, -0.2) is 52.3 Å². The second kappa shape index (κ2) is 6.44. The summed E-state index contributed by atoms with van der Waals surface area (Å²) in [6.07, 6.45) is 4.06. The van der Waals surface area contributed by atoms with Gasteiger partial charge in [0.1, 0.15) is 0 Å². The van der Waals surface area contributed by atoms with Gasteiger partial charge in [-0.25, -0.2) is 9.59 Å². The number of aliphatic carboxylic acids is 1. The van der Waals surface area contributed by atoms with E-state index >= 15 is 0 Å². The molecule has 1 rings (SSSR count). The molecule has 1 fully saturated rings. The van der Waals surface area contributed by atoms with Crippen LogP contribution in [0.4, 0.5) is 4.79 Å². The molecule has 0 aliphatic carbocycles. The number of urea groups is 1. The van der Waals surface area contributed by atoms with Gasteiger partial charge in [0, 0.05) is 12.6 Å². The van der Waals surface area contributed by atoms with Crippen LogP contribution in [0, 0.1) is 0 Å². The van der Waals surface area contributed by atoms with Crippen molar-refractivity contribution in [3.8, 4) is 0 Å². The van der Waals surface area contributed by atoms with Gasteiger partial charge < -0.3 is 20.4 Å². The number of likely N-dealkylation sites (tertiary alicyclic amines) is 1. The van der Waals surface area contributed by atoms with Gasteiger partial charge in [-0.1, -0.05) is 12.8 Å². The second-order valence-corrected chi connectivity index (χ2v) is 4.41.